The van der Waals surface area contributed by atoms with Gasteiger partial charge in [-0.1, -0.05) is 31.2 Å². The minimum atomic E-state index is -0.114. The Morgan fingerprint density at radius 3 is 2.08 bits per heavy atom. The van der Waals surface area contributed by atoms with Crippen molar-refractivity contribution in [2.24, 2.45) is 0 Å². The normalized spacial score (nSPS) is 15.4. The molecule has 1 aliphatic carbocycles. The van der Waals surface area contributed by atoms with Crippen molar-refractivity contribution in [2.45, 2.75) is 13.3 Å². The van der Waals surface area contributed by atoms with Crippen LogP contribution in [0.1, 0.15) is 45.2 Å². The van der Waals surface area contributed by atoms with Crippen molar-refractivity contribution in [3.05, 3.63) is 64.7 Å². The number of fused-ring (bicyclic) bond motifs is 2. The van der Waals surface area contributed by atoms with Crippen molar-refractivity contribution in [1.82, 2.24) is 5.32 Å². The molecule has 0 atom stereocenters. The summed E-state index contributed by atoms with van der Waals surface area (Å²) in [6.07, 6.45) is 0.896. The van der Waals surface area contributed by atoms with E-state index in [4.69, 9.17) is 9.47 Å². The Morgan fingerprint density at radius 1 is 0.923 bits per heavy atom. The first-order valence-electron chi connectivity index (χ1n) is 8.96. The molecule has 0 bridgehead atoms. The van der Waals surface area contributed by atoms with Crippen LogP contribution in [0.2, 0.25) is 0 Å². The molecule has 1 aliphatic heterocycles. The summed E-state index contributed by atoms with van der Waals surface area (Å²) in [5, 5.41) is 3.16. The quantitative estimate of drug-likeness (QED) is 0.784. The van der Waals surface area contributed by atoms with Crippen molar-refractivity contribution in [3.63, 3.8) is 0 Å². The third-order valence-electron chi connectivity index (χ3n) is 4.22. The topological polar surface area (TPSA) is 64.6 Å². The summed E-state index contributed by atoms with van der Waals surface area (Å²) in [4.78, 5) is 24.9. The second-order valence-corrected chi connectivity index (χ2v) is 6.12. The molecule has 5 nitrogen and oxygen atoms in total. The van der Waals surface area contributed by atoms with E-state index in [0.717, 1.165) is 32.7 Å². The van der Waals surface area contributed by atoms with Crippen LogP contribution in [-0.4, -0.2) is 44.5 Å². The Balaban J connectivity index is 0.000000278. The van der Waals surface area contributed by atoms with Crippen LogP contribution in [0.15, 0.2) is 42.5 Å². The molecule has 1 fully saturated rings. The van der Waals surface area contributed by atoms with E-state index in [1.165, 1.54) is 0 Å². The molecule has 2 aromatic rings. The molecule has 0 unspecified atom stereocenters. The summed E-state index contributed by atoms with van der Waals surface area (Å²) in [6, 6.07) is 12.0. The van der Waals surface area contributed by atoms with Crippen molar-refractivity contribution in [1.29, 1.82) is 0 Å². The van der Waals surface area contributed by atoms with Gasteiger partial charge in [0.25, 0.3) is 0 Å². The molecule has 4 rings (SSSR count). The number of ketones is 2. The van der Waals surface area contributed by atoms with E-state index in [-0.39, 0.29) is 11.6 Å². The summed E-state index contributed by atoms with van der Waals surface area (Å²) < 4.78 is 10.5. The molecule has 136 valence electrons. The summed E-state index contributed by atoms with van der Waals surface area (Å²) in [5.74, 6) is 0.417. The number of rotatable bonds is 3. The van der Waals surface area contributed by atoms with E-state index >= 15 is 0 Å². The van der Waals surface area contributed by atoms with Gasteiger partial charge in [0.05, 0.1) is 19.8 Å². The van der Waals surface area contributed by atoms with Crippen molar-refractivity contribution in [3.8, 4) is 5.75 Å². The minimum Gasteiger partial charge on any atom is -0.494 e. The van der Waals surface area contributed by atoms with Gasteiger partial charge in [0.2, 0.25) is 0 Å². The lowest BCUT2D eigenvalue weighted by molar-refractivity contribution is 0.0978. The highest BCUT2D eigenvalue weighted by atomic mass is 16.5. The van der Waals surface area contributed by atoms with E-state index in [9.17, 15) is 9.59 Å². The van der Waals surface area contributed by atoms with Crippen LogP contribution in [0.5, 0.6) is 5.75 Å². The number of carbonyl (C=O) groups is 2. The van der Waals surface area contributed by atoms with Crippen LogP contribution in [-0.2, 0) is 4.74 Å². The van der Waals surface area contributed by atoms with Crippen LogP contribution < -0.4 is 10.1 Å². The van der Waals surface area contributed by atoms with Crippen molar-refractivity contribution in [2.75, 3.05) is 32.9 Å². The van der Waals surface area contributed by atoms with E-state index < -0.39 is 0 Å². The zero-order chi connectivity index (χ0) is 18.4. The number of nitrogens with one attached hydrogen (secondary N) is 1. The first-order chi connectivity index (χ1) is 12.7. The monoisotopic (exact) mass is 353 g/mol. The van der Waals surface area contributed by atoms with Crippen LogP contribution in [0, 0.1) is 0 Å². The molecule has 2 aliphatic rings. The lowest BCUT2D eigenvalue weighted by Gasteiger charge is -2.18. The molecule has 2 aromatic carbocycles. The molecular weight excluding hydrogens is 330 g/mol. The number of carbonyl (C=O) groups excluding carboxylic acids is 2. The maximum atomic E-state index is 12.5. The summed E-state index contributed by atoms with van der Waals surface area (Å²) in [5.41, 5.74) is 1.84. The second kappa shape index (κ2) is 8.74. The summed E-state index contributed by atoms with van der Waals surface area (Å²) in [7, 11) is 0. The third-order valence-corrected chi connectivity index (χ3v) is 4.22. The lowest BCUT2D eigenvalue weighted by Crippen LogP contribution is -2.30. The lowest BCUT2D eigenvalue weighted by atomic mass is 9.84. The van der Waals surface area contributed by atoms with Crippen molar-refractivity contribution >= 4 is 11.6 Å². The van der Waals surface area contributed by atoms with E-state index in [2.05, 4.69) is 5.32 Å². The zero-order valence-electron chi connectivity index (χ0n) is 14.9. The molecule has 1 heterocycles. The van der Waals surface area contributed by atoms with E-state index in [0.29, 0.717) is 34.6 Å². The van der Waals surface area contributed by atoms with Crippen LogP contribution in [0.25, 0.3) is 0 Å². The second-order valence-electron chi connectivity index (χ2n) is 6.12. The molecule has 0 aromatic heterocycles. The van der Waals surface area contributed by atoms with Gasteiger partial charge in [0.15, 0.2) is 11.6 Å². The smallest absolute Gasteiger partial charge is 0.194 e. The Bertz CT molecular complexity index is 785. The number of morpholine rings is 1. The van der Waals surface area contributed by atoms with Gasteiger partial charge in [-0.05, 0) is 24.6 Å². The maximum Gasteiger partial charge on any atom is 0.194 e. The van der Waals surface area contributed by atoms with Gasteiger partial charge in [0.1, 0.15) is 5.75 Å². The summed E-state index contributed by atoms with van der Waals surface area (Å²) in [6.45, 7) is 6.45. The molecule has 0 radical (unpaired) electrons. The molecular formula is C21H23NO4. The first-order valence-corrected chi connectivity index (χ1v) is 8.96. The molecule has 0 saturated carbocycles. The van der Waals surface area contributed by atoms with Crippen LogP contribution in [0.3, 0.4) is 0 Å². The van der Waals surface area contributed by atoms with Gasteiger partial charge in [-0.2, -0.15) is 0 Å². The Labute approximate surface area is 153 Å². The Morgan fingerprint density at radius 2 is 1.54 bits per heavy atom. The first kappa shape index (κ1) is 18.3. The van der Waals surface area contributed by atoms with Crippen LogP contribution >= 0.6 is 0 Å². The molecule has 26 heavy (non-hydrogen) atoms. The van der Waals surface area contributed by atoms with Gasteiger partial charge < -0.3 is 14.8 Å². The SMILES string of the molecule is C1COCCN1.CCCOc1ccc2c(c1)C(=O)c1ccccc1C2=O. The van der Waals surface area contributed by atoms with Crippen molar-refractivity contribution < 1.29 is 19.1 Å². The van der Waals surface area contributed by atoms with E-state index in [1.54, 1.807) is 42.5 Å². The maximum absolute atomic E-state index is 12.5. The molecule has 0 spiro atoms. The molecule has 1 N–H and O–H groups in total. The van der Waals surface area contributed by atoms with Gasteiger partial charge in [-0.3, -0.25) is 9.59 Å². The predicted octanol–water partition coefficient (Wildman–Crippen LogP) is 2.86. The fraction of sp³-hybridized carbons (Fsp3) is 0.333. The van der Waals surface area contributed by atoms with Crippen LogP contribution in [0.4, 0.5) is 0 Å². The highest BCUT2D eigenvalue weighted by Gasteiger charge is 2.29. The Hall–Kier alpha value is -2.50. The highest BCUT2D eigenvalue weighted by Crippen LogP contribution is 2.29. The number of hydrogen-bond acceptors (Lipinski definition) is 5. The highest BCUT2D eigenvalue weighted by molar-refractivity contribution is 6.28. The fourth-order valence-corrected chi connectivity index (χ4v) is 2.90. The largest absolute Gasteiger partial charge is 0.494 e. The van der Waals surface area contributed by atoms with E-state index in [1.807, 2.05) is 6.92 Å². The standard InChI is InChI=1S/C17H14O3.C4H9NO/c1-2-9-20-11-7-8-14-15(10-11)17(19)13-6-4-3-5-12(13)16(14)18;1-3-6-4-2-5-1/h3-8,10H,2,9H2,1H3;5H,1-4H2. The average molecular weight is 353 g/mol. The average Bonchev–Trinajstić information content (AvgIpc) is 2.72. The minimum absolute atomic E-state index is 0.0998. The van der Waals surface area contributed by atoms with Gasteiger partial charge in [0, 0.05) is 35.3 Å². The van der Waals surface area contributed by atoms with Gasteiger partial charge >= 0.3 is 0 Å². The summed E-state index contributed by atoms with van der Waals surface area (Å²) >= 11 is 0. The van der Waals surface area contributed by atoms with Gasteiger partial charge in [-0.25, -0.2) is 0 Å². The zero-order valence-corrected chi connectivity index (χ0v) is 14.9. The number of benzene rings is 2. The number of ether oxygens (including phenoxy) is 2. The van der Waals surface area contributed by atoms with Gasteiger partial charge in [-0.15, -0.1) is 0 Å². The molecule has 1 saturated heterocycles. The fourth-order valence-electron chi connectivity index (χ4n) is 2.90. The molecule has 0 amide bonds. The Kier molecular flexibility index (Phi) is 6.15. The third kappa shape index (κ3) is 4.00. The molecule has 5 heteroatoms. The predicted molar refractivity (Wildman–Crippen MR) is 99.2 cm³/mol. The number of hydrogen-bond donors (Lipinski definition) is 1.